The van der Waals surface area contributed by atoms with Crippen molar-refractivity contribution in [2.45, 2.75) is 37.6 Å². The smallest absolute Gasteiger partial charge is 0.239 e. The molecule has 8 nitrogen and oxygen atoms in total. The van der Waals surface area contributed by atoms with Crippen LogP contribution in [0.3, 0.4) is 0 Å². The van der Waals surface area contributed by atoms with Crippen LogP contribution in [0.5, 0.6) is 0 Å². The average molecular weight is 431 g/mol. The molecule has 2 amide bonds. The summed E-state index contributed by atoms with van der Waals surface area (Å²) >= 11 is 2.67. The maximum atomic E-state index is 12.4. The number of aryl methyl sites for hydroxylation is 2. The van der Waals surface area contributed by atoms with Crippen LogP contribution in [0.2, 0.25) is 0 Å². The number of rotatable bonds is 7. The zero-order valence-electron chi connectivity index (χ0n) is 16.6. The summed E-state index contributed by atoms with van der Waals surface area (Å²) in [5, 5.41) is 16.5. The summed E-state index contributed by atoms with van der Waals surface area (Å²) in [6.07, 6.45) is 0.0942. The highest BCUT2D eigenvalue weighted by molar-refractivity contribution is 8.00. The number of anilines is 2. The van der Waals surface area contributed by atoms with Crippen molar-refractivity contribution in [3.8, 4) is 0 Å². The number of hydrogen-bond donors (Lipinski definition) is 2. The molecule has 1 aromatic carbocycles. The normalized spacial score (nSPS) is 11.9. The highest BCUT2D eigenvalue weighted by Crippen LogP contribution is 2.23. The third-order valence-corrected chi connectivity index (χ3v) is 6.09. The summed E-state index contributed by atoms with van der Waals surface area (Å²) in [4.78, 5) is 28.9. The van der Waals surface area contributed by atoms with Gasteiger partial charge in [0.25, 0.3) is 0 Å². The average Bonchev–Trinajstić information content (AvgIpc) is 3.23. The molecule has 0 radical (unpaired) electrons. The van der Waals surface area contributed by atoms with Gasteiger partial charge in [0.05, 0.1) is 17.4 Å². The van der Waals surface area contributed by atoms with E-state index < -0.39 is 5.25 Å². The zero-order valence-corrected chi connectivity index (χ0v) is 18.2. The zero-order chi connectivity index (χ0) is 21.0. The summed E-state index contributed by atoms with van der Waals surface area (Å²) in [6.45, 7) is 5.66. The Balaban J connectivity index is 1.57. The minimum atomic E-state index is -0.392. The van der Waals surface area contributed by atoms with Gasteiger partial charge < -0.3 is 15.2 Å². The summed E-state index contributed by atoms with van der Waals surface area (Å²) < 4.78 is 1.73. The predicted molar refractivity (Wildman–Crippen MR) is 115 cm³/mol. The van der Waals surface area contributed by atoms with Crippen LogP contribution in [0.1, 0.15) is 24.0 Å². The molecule has 3 aromatic rings. The molecule has 3 rings (SSSR count). The Morgan fingerprint density at radius 2 is 1.90 bits per heavy atom. The molecular weight excluding hydrogens is 408 g/mol. The first kappa shape index (κ1) is 21.0. The Kier molecular flexibility index (Phi) is 6.65. The molecule has 0 bridgehead atoms. The molecular formula is C19H22N6O2S2. The Bertz CT molecular complexity index is 1010. The first-order valence-electron chi connectivity index (χ1n) is 8.96. The second kappa shape index (κ2) is 9.19. The first-order valence-corrected chi connectivity index (χ1v) is 10.7. The molecule has 0 fully saturated rings. The lowest BCUT2D eigenvalue weighted by Gasteiger charge is -2.10. The summed E-state index contributed by atoms with van der Waals surface area (Å²) in [5.41, 5.74) is 2.73. The number of carbonyl (C=O) groups excluding carboxylic acids is 2. The van der Waals surface area contributed by atoms with E-state index in [0.717, 1.165) is 16.9 Å². The SMILES string of the molecule is Cc1ccc(NC(=O)Cc2nnc(SC(C)C(=O)Nc3nc(C)cs3)n2C)cc1. The molecule has 0 aliphatic heterocycles. The predicted octanol–water partition coefficient (Wildman–Crippen LogP) is 3.19. The molecule has 0 aliphatic rings. The number of thioether (sulfide) groups is 1. The number of aromatic nitrogens is 4. The minimum Gasteiger partial charge on any atom is -0.326 e. The second-order valence-corrected chi connectivity index (χ2v) is 8.76. The van der Waals surface area contributed by atoms with Gasteiger partial charge in [-0.15, -0.1) is 21.5 Å². The van der Waals surface area contributed by atoms with Crippen LogP contribution >= 0.6 is 23.1 Å². The van der Waals surface area contributed by atoms with Crippen molar-refractivity contribution in [2.24, 2.45) is 7.05 Å². The summed E-state index contributed by atoms with van der Waals surface area (Å²) in [7, 11) is 1.78. The van der Waals surface area contributed by atoms with Crippen molar-refractivity contribution in [1.82, 2.24) is 19.7 Å². The molecule has 10 heteroatoms. The van der Waals surface area contributed by atoms with Crippen LogP contribution in [0.15, 0.2) is 34.8 Å². The molecule has 0 aliphatic carbocycles. The summed E-state index contributed by atoms with van der Waals surface area (Å²) in [6, 6.07) is 7.59. The van der Waals surface area contributed by atoms with Crippen molar-refractivity contribution in [2.75, 3.05) is 10.6 Å². The van der Waals surface area contributed by atoms with Gasteiger partial charge in [0.15, 0.2) is 10.3 Å². The Hall–Kier alpha value is -2.72. The van der Waals surface area contributed by atoms with Gasteiger partial charge in [-0.25, -0.2) is 4.98 Å². The van der Waals surface area contributed by atoms with E-state index in [4.69, 9.17) is 0 Å². The van der Waals surface area contributed by atoms with Crippen LogP contribution in [-0.2, 0) is 23.1 Å². The van der Waals surface area contributed by atoms with Crippen molar-refractivity contribution in [1.29, 1.82) is 0 Å². The number of hydrogen-bond acceptors (Lipinski definition) is 7. The standard InChI is InChI=1S/C19H22N6O2S2/c1-11-5-7-14(8-6-11)21-16(26)9-15-23-24-19(25(15)4)29-13(3)17(27)22-18-20-12(2)10-28-18/h5-8,10,13H,9H2,1-4H3,(H,21,26)(H,20,22,27). The number of thiazole rings is 1. The van der Waals surface area contributed by atoms with Gasteiger partial charge in [0.2, 0.25) is 11.8 Å². The van der Waals surface area contributed by atoms with E-state index in [9.17, 15) is 9.59 Å². The van der Waals surface area contributed by atoms with E-state index in [1.165, 1.54) is 23.1 Å². The second-order valence-electron chi connectivity index (χ2n) is 6.59. The summed E-state index contributed by atoms with van der Waals surface area (Å²) in [5.74, 6) is 0.192. The van der Waals surface area contributed by atoms with Crippen LogP contribution < -0.4 is 10.6 Å². The van der Waals surface area contributed by atoms with Crippen molar-refractivity contribution in [3.63, 3.8) is 0 Å². The molecule has 0 saturated carbocycles. The van der Waals surface area contributed by atoms with Gasteiger partial charge in [-0.2, -0.15) is 0 Å². The van der Waals surface area contributed by atoms with Gasteiger partial charge in [-0.1, -0.05) is 29.5 Å². The Morgan fingerprint density at radius 3 is 2.55 bits per heavy atom. The van der Waals surface area contributed by atoms with Gasteiger partial charge >= 0.3 is 0 Å². The van der Waals surface area contributed by atoms with E-state index >= 15 is 0 Å². The Morgan fingerprint density at radius 1 is 1.17 bits per heavy atom. The van der Waals surface area contributed by atoms with Gasteiger partial charge in [-0.3, -0.25) is 9.59 Å². The first-order chi connectivity index (χ1) is 13.8. The lowest BCUT2D eigenvalue weighted by molar-refractivity contribution is -0.116. The van der Waals surface area contributed by atoms with Crippen molar-refractivity contribution >= 4 is 45.7 Å². The monoisotopic (exact) mass is 430 g/mol. The highest BCUT2D eigenvalue weighted by atomic mass is 32.2. The quantitative estimate of drug-likeness (QED) is 0.558. The van der Waals surface area contributed by atoms with Gasteiger partial charge in [0.1, 0.15) is 5.82 Å². The third kappa shape index (κ3) is 5.64. The van der Waals surface area contributed by atoms with Gasteiger partial charge in [0, 0.05) is 18.1 Å². The minimum absolute atomic E-state index is 0.0942. The molecule has 2 heterocycles. The molecule has 1 atom stereocenters. The number of nitrogens with one attached hydrogen (secondary N) is 2. The van der Waals surface area contributed by atoms with Gasteiger partial charge in [-0.05, 0) is 32.9 Å². The molecule has 152 valence electrons. The Labute approximate surface area is 177 Å². The maximum absolute atomic E-state index is 12.4. The fourth-order valence-corrected chi connectivity index (χ4v) is 3.94. The van der Waals surface area contributed by atoms with Crippen LogP contribution in [-0.4, -0.2) is 36.8 Å². The third-order valence-electron chi connectivity index (χ3n) is 4.08. The largest absolute Gasteiger partial charge is 0.326 e. The molecule has 1 unspecified atom stereocenters. The fraction of sp³-hybridized carbons (Fsp3) is 0.316. The topological polar surface area (TPSA) is 102 Å². The number of amides is 2. The number of benzene rings is 1. The lowest BCUT2D eigenvalue weighted by Crippen LogP contribution is -2.23. The van der Waals surface area contributed by atoms with Crippen LogP contribution in [0.4, 0.5) is 10.8 Å². The molecule has 0 saturated heterocycles. The lowest BCUT2D eigenvalue weighted by atomic mass is 10.2. The van der Waals surface area contributed by atoms with Crippen molar-refractivity contribution < 1.29 is 9.59 Å². The molecule has 0 spiro atoms. The highest BCUT2D eigenvalue weighted by Gasteiger charge is 2.20. The molecule has 2 aromatic heterocycles. The van der Waals surface area contributed by atoms with Crippen LogP contribution in [0.25, 0.3) is 0 Å². The van der Waals surface area contributed by atoms with E-state index in [1.807, 2.05) is 43.5 Å². The van der Waals surface area contributed by atoms with Crippen LogP contribution in [0, 0.1) is 13.8 Å². The fourth-order valence-electron chi connectivity index (χ4n) is 2.42. The van der Waals surface area contributed by atoms with E-state index in [1.54, 1.807) is 18.5 Å². The molecule has 2 N–H and O–H groups in total. The number of nitrogens with zero attached hydrogens (tertiary/aromatic N) is 4. The van der Waals surface area contributed by atoms with E-state index in [-0.39, 0.29) is 18.2 Å². The van der Waals surface area contributed by atoms with Crippen molar-refractivity contribution in [3.05, 3.63) is 46.7 Å². The maximum Gasteiger partial charge on any atom is 0.239 e. The van der Waals surface area contributed by atoms with E-state index in [2.05, 4.69) is 25.8 Å². The van der Waals surface area contributed by atoms with E-state index in [0.29, 0.717) is 16.1 Å². The number of carbonyl (C=O) groups is 2. The molecule has 29 heavy (non-hydrogen) atoms.